The highest BCUT2D eigenvalue weighted by Crippen LogP contribution is 2.38. The largest absolute Gasteiger partial charge is 0.490 e. The fourth-order valence-electron chi connectivity index (χ4n) is 4.62. The lowest BCUT2D eigenvalue weighted by atomic mass is 9.89. The molecule has 4 aromatic rings. The van der Waals surface area contributed by atoms with Gasteiger partial charge in [0.2, 0.25) is 0 Å². The third-order valence-corrected chi connectivity index (χ3v) is 6.96. The molecule has 0 spiro atoms. The Balaban J connectivity index is 1.21. The topological polar surface area (TPSA) is 61.9 Å². The molecule has 9 heteroatoms. The summed E-state index contributed by atoms with van der Waals surface area (Å²) in [5.74, 6) is 0.193. The zero-order chi connectivity index (χ0) is 21.1. The normalized spacial score (nSPS) is 22.5. The number of ether oxygens (including phenoxy) is 1. The van der Waals surface area contributed by atoms with Gasteiger partial charge in [-0.15, -0.1) is 0 Å². The Hall–Kier alpha value is -3.07. The lowest BCUT2D eigenvalue weighted by Gasteiger charge is -2.34. The molecule has 1 aliphatic heterocycles. The Kier molecular flexibility index (Phi) is 4.21. The van der Waals surface area contributed by atoms with E-state index in [4.69, 9.17) is 4.74 Å². The number of hydrogen-bond donors (Lipinski definition) is 0. The van der Waals surface area contributed by atoms with E-state index < -0.39 is 17.7 Å². The Morgan fingerprint density at radius 1 is 1.13 bits per heavy atom. The maximum atomic E-state index is 13.7. The molecule has 0 radical (unpaired) electrons. The van der Waals surface area contributed by atoms with Crippen LogP contribution in [0.25, 0.3) is 10.1 Å². The van der Waals surface area contributed by atoms with Gasteiger partial charge in [-0.05, 0) is 47.8 Å². The van der Waals surface area contributed by atoms with Crippen LogP contribution in [0.5, 0.6) is 5.75 Å². The molecule has 1 saturated carbocycles. The number of aryl methyl sites for hydroxylation is 1. The van der Waals surface area contributed by atoms with Crippen molar-refractivity contribution in [1.29, 1.82) is 0 Å². The van der Waals surface area contributed by atoms with Gasteiger partial charge in [-0.1, -0.05) is 6.07 Å². The van der Waals surface area contributed by atoms with Crippen LogP contribution in [-0.2, 0) is 6.42 Å². The molecule has 1 atom stereocenters. The number of benzene rings is 2. The van der Waals surface area contributed by atoms with Crippen LogP contribution in [-0.4, -0.2) is 24.8 Å². The van der Waals surface area contributed by atoms with Crippen LogP contribution >= 0.6 is 11.5 Å². The van der Waals surface area contributed by atoms with Gasteiger partial charge in [0.05, 0.1) is 28.4 Å². The van der Waals surface area contributed by atoms with Gasteiger partial charge < -0.3 is 4.74 Å². The maximum Gasteiger partial charge on any atom is 0.346 e. The first-order valence-electron chi connectivity index (χ1n) is 10.2. The first kappa shape index (κ1) is 18.7. The molecule has 0 N–H and O–H groups in total. The van der Waals surface area contributed by atoms with Crippen molar-refractivity contribution in [3.05, 3.63) is 76.1 Å². The highest BCUT2D eigenvalue weighted by Gasteiger charge is 2.38. The van der Waals surface area contributed by atoms with Gasteiger partial charge in [0.1, 0.15) is 29.3 Å². The smallest absolute Gasteiger partial charge is 0.346 e. The standard InChI is InChI=1S/C22H18F2N4O2S/c23-13-6-12(7-14(24)8-13)18-4-5-21-26-28(22(29)27(18)21)15-9-16(10-15)30-19-2-1-3-20-17(19)11-25-31-20/h1-3,6-8,11,15-16,18H,4-5,9-10H2/t15-,16-,18-/m0/s1. The molecule has 2 aromatic heterocycles. The van der Waals surface area contributed by atoms with Crippen LogP contribution < -0.4 is 10.4 Å². The Bertz CT molecular complexity index is 1340. The molecule has 0 bridgehead atoms. The first-order valence-corrected chi connectivity index (χ1v) is 11.0. The summed E-state index contributed by atoms with van der Waals surface area (Å²) in [6.07, 6.45) is 4.40. The van der Waals surface area contributed by atoms with E-state index in [2.05, 4.69) is 9.47 Å². The van der Waals surface area contributed by atoms with E-state index in [-0.39, 0.29) is 17.8 Å². The number of rotatable bonds is 4. The molecule has 3 heterocycles. The minimum absolute atomic E-state index is 0.00653. The van der Waals surface area contributed by atoms with Crippen molar-refractivity contribution in [3.63, 3.8) is 0 Å². The third-order valence-electron chi connectivity index (χ3n) is 6.19. The number of hydrogen-bond acceptors (Lipinski definition) is 5. The second-order valence-electron chi connectivity index (χ2n) is 8.13. The average Bonchev–Trinajstić information content (AvgIpc) is 3.40. The minimum atomic E-state index is -0.640. The summed E-state index contributed by atoms with van der Waals surface area (Å²) in [5.41, 5.74) is 0.236. The molecular formula is C22H18F2N4O2S. The summed E-state index contributed by atoms with van der Waals surface area (Å²) in [6, 6.07) is 8.89. The van der Waals surface area contributed by atoms with Crippen molar-refractivity contribution in [3.8, 4) is 5.75 Å². The SMILES string of the molecule is O=c1n2c(nn1[C@H]1C[C@H](Oc3cccc4sncc34)C1)CC[C@H]2c1cc(F)cc(F)c1. The van der Waals surface area contributed by atoms with E-state index in [0.717, 1.165) is 21.9 Å². The van der Waals surface area contributed by atoms with Gasteiger partial charge in [-0.2, -0.15) is 9.47 Å². The summed E-state index contributed by atoms with van der Waals surface area (Å²) in [4.78, 5) is 13.1. The highest BCUT2D eigenvalue weighted by atomic mass is 32.1. The molecule has 0 unspecified atom stereocenters. The summed E-state index contributed by atoms with van der Waals surface area (Å²) in [6.45, 7) is 0. The molecule has 2 aromatic carbocycles. The summed E-state index contributed by atoms with van der Waals surface area (Å²) < 4.78 is 41.9. The molecule has 1 aliphatic carbocycles. The maximum absolute atomic E-state index is 13.7. The van der Waals surface area contributed by atoms with Crippen LogP contribution in [0.3, 0.4) is 0 Å². The lowest BCUT2D eigenvalue weighted by molar-refractivity contribution is 0.0636. The van der Waals surface area contributed by atoms with Crippen molar-refractivity contribution < 1.29 is 13.5 Å². The van der Waals surface area contributed by atoms with Crippen LogP contribution in [0, 0.1) is 11.6 Å². The second kappa shape index (κ2) is 6.98. The zero-order valence-corrected chi connectivity index (χ0v) is 17.2. The van der Waals surface area contributed by atoms with Crippen molar-refractivity contribution in [2.45, 2.75) is 43.9 Å². The molecule has 6 rings (SSSR count). The van der Waals surface area contributed by atoms with E-state index >= 15 is 0 Å². The molecule has 2 aliphatic rings. The van der Waals surface area contributed by atoms with Gasteiger partial charge in [0, 0.05) is 25.3 Å². The summed E-state index contributed by atoms with van der Waals surface area (Å²) >= 11 is 1.43. The van der Waals surface area contributed by atoms with Gasteiger partial charge in [0.25, 0.3) is 0 Å². The van der Waals surface area contributed by atoms with Gasteiger partial charge in [-0.25, -0.2) is 18.3 Å². The van der Waals surface area contributed by atoms with E-state index in [9.17, 15) is 13.6 Å². The average molecular weight is 440 g/mol. The molecular weight excluding hydrogens is 422 g/mol. The predicted octanol–water partition coefficient (Wildman–Crippen LogP) is 4.25. The Morgan fingerprint density at radius 2 is 1.94 bits per heavy atom. The number of aromatic nitrogens is 4. The molecule has 0 saturated heterocycles. The molecule has 1 fully saturated rings. The summed E-state index contributed by atoms with van der Waals surface area (Å²) in [7, 11) is 0. The molecule has 6 nitrogen and oxygen atoms in total. The number of halogens is 2. The van der Waals surface area contributed by atoms with E-state index in [1.807, 2.05) is 24.4 Å². The van der Waals surface area contributed by atoms with Crippen molar-refractivity contribution in [2.75, 3.05) is 0 Å². The van der Waals surface area contributed by atoms with Crippen LogP contribution in [0.15, 0.2) is 47.4 Å². The van der Waals surface area contributed by atoms with Crippen molar-refractivity contribution >= 4 is 21.6 Å². The fraction of sp³-hybridized carbons (Fsp3) is 0.318. The van der Waals surface area contributed by atoms with Crippen molar-refractivity contribution in [2.24, 2.45) is 0 Å². The number of fused-ring (bicyclic) bond motifs is 2. The minimum Gasteiger partial charge on any atom is -0.490 e. The van der Waals surface area contributed by atoms with Crippen LogP contribution in [0.1, 0.15) is 42.7 Å². The zero-order valence-electron chi connectivity index (χ0n) is 16.4. The fourth-order valence-corrected chi connectivity index (χ4v) is 5.28. The number of nitrogens with zero attached hydrogens (tertiary/aromatic N) is 4. The Labute approximate surface area is 179 Å². The van der Waals surface area contributed by atoms with Crippen molar-refractivity contribution in [1.82, 2.24) is 18.7 Å². The van der Waals surface area contributed by atoms with Crippen LogP contribution in [0.4, 0.5) is 8.78 Å². The van der Waals surface area contributed by atoms with Crippen LogP contribution in [0.2, 0.25) is 0 Å². The molecule has 0 amide bonds. The Morgan fingerprint density at radius 3 is 2.74 bits per heavy atom. The predicted molar refractivity (Wildman–Crippen MR) is 112 cm³/mol. The highest BCUT2D eigenvalue weighted by molar-refractivity contribution is 7.13. The first-order chi connectivity index (χ1) is 15.1. The lowest BCUT2D eigenvalue weighted by Crippen LogP contribution is -2.41. The second-order valence-corrected chi connectivity index (χ2v) is 8.96. The quantitative estimate of drug-likeness (QED) is 0.476. The monoisotopic (exact) mass is 440 g/mol. The van der Waals surface area contributed by atoms with E-state index in [0.29, 0.717) is 37.1 Å². The third kappa shape index (κ3) is 3.06. The van der Waals surface area contributed by atoms with Gasteiger partial charge >= 0.3 is 5.69 Å². The summed E-state index contributed by atoms with van der Waals surface area (Å²) in [5, 5.41) is 5.53. The van der Waals surface area contributed by atoms with E-state index in [1.54, 1.807) is 4.57 Å². The van der Waals surface area contributed by atoms with Gasteiger partial charge in [0.15, 0.2) is 0 Å². The van der Waals surface area contributed by atoms with E-state index in [1.165, 1.54) is 28.3 Å². The van der Waals surface area contributed by atoms with Gasteiger partial charge in [-0.3, -0.25) is 4.57 Å². The molecule has 31 heavy (non-hydrogen) atoms. The molecule has 158 valence electrons.